The third kappa shape index (κ3) is 5.43. The quantitative estimate of drug-likeness (QED) is 0.796. The minimum atomic E-state index is -0.280. The van der Waals surface area contributed by atoms with E-state index in [-0.39, 0.29) is 18.1 Å². The Hall–Kier alpha value is -1.35. The molecule has 0 aliphatic carbocycles. The van der Waals surface area contributed by atoms with E-state index >= 15 is 0 Å². The lowest BCUT2D eigenvalue weighted by molar-refractivity contribution is 0.0378. The number of hydrogen-bond acceptors (Lipinski definition) is 3. The van der Waals surface area contributed by atoms with Crippen molar-refractivity contribution in [3.8, 4) is 0 Å². The number of benzene rings is 1. The van der Waals surface area contributed by atoms with Crippen molar-refractivity contribution in [2.45, 2.75) is 52.7 Å². The fourth-order valence-corrected chi connectivity index (χ4v) is 1.83. The molecule has 1 atom stereocenters. The summed E-state index contributed by atoms with van der Waals surface area (Å²) in [5, 5.41) is 0. The molecular formula is C16H25NO2. The minimum Gasteiger partial charge on any atom is -0.459 e. The average Bonchev–Trinajstić information content (AvgIpc) is 2.35. The highest BCUT2D eigenvalue weighted by molar-refractivity contribution is 5.89. The molecule has 0 aliphatic heterocycles. The Balaban J connectivity index is 2.63. The van der Waals surface area contributed by atoms with E-state index in [0.717, 1.165) is 18.4 Å². The molecule has 19 heavy (non-hydrogen) atoms. The predicted molar refractivity (Wildman–Crippen MR) is 78.0 cm³/mol. The van der Waals surface area contributed by atoms with Crippen molar-refractivity contribution in [3.05, 3.63) is 35.4 Å². The molecular weight excluding hydrogens is 238 g/mol. The van der Waals surface area contributed by atoms with Crippen molar-refractivity contribution in [3.63, 3.8) is 0 Å². The first-order chi connectivity index (χ1) is 8.90. The highest BCUT2D eigenvalue weighted by Crippen LogP contribution is 2.19. The Bertz CT molecular complexity index is 396. The Kier molecular flexibility index (Phi) is 6.03. The number of carbonyl (C=O) groups is 1. The van der Waals surface area contributed by atoms with Gasteiger partial charge in [-0.3, -0.25) is 0 Å². The summed E-state index contributed by atoms with van der Waals surface area (Å²) in [5.41, 5.74) is 7.78. The lowest BCUT2D eigenvalue weighted by Gasteiger charge is -2.14. The molecule has 3 heteroatoms. The second-order valence-electron chi connectivity index (χ2n) is 5.65. The third-order valence-electron chi connectivity index (χ3n) is 2.97. The molecule has 1 rings (SSSR count). The molecule has 0 spiro atoms. The zero-order valence-electron chi connectivity index (χ0n) is 12.3. The maximum absolute atomic E-state index is 11.7. The number of hydrogen-bond donors (Lipinski definition) is 1. The molecule has 0 heterocycles. The summed E-state index contributed by atoms with van der Waals surface area (Å²) in [7, 11) is 0. The van der Waals surface area contributed by atoms with Gasteiger partial charge in [0.1, 0.15) is 0 Å². The number of rotatable bonds is 6. The summed E-state index contributed by atoms with van der Waals surface area (Å²) in [5.74, 6) is 0.378. The number of nitrogens with two attached hydrogens (primary N) is 1. The summed E-state index contributed by atoms with van der Waals surface area (Å²) < 4.78 is 5.15. The van der Waals surface area contributed by atoms with E-state index in [0.29, 0.717) is 11.5 Å². The fourth-order valence-electron chi connectivity index (χ4n) is 1.83. The molecule has 3 nitrogen and oxygen atoms in total. The van der Waals surface area contributed by atoms with Gasteiger partial charge in [0.15, 0.2) is 0 Å². The van der Waals surface area contributed by atoms with Crippen molar-refractivity contribution in [2.24, 2.45) is 11.7 Å². The monoisotopic (exact) mass is 263 g/mol. The van der Waals surface area contributed by atoms with Crippen LogP contribution in [0, 0.1) is 5.92 Å². The topological polar surface area (TPSA) is 52.3 Å². The first-order valence-corrected chi connectivity index (χ1v) is 6.96. The van der Waals surface area contributed by atoms with Gasteiger partial charge in [0.2, 0.25) is 0 Å². The van der Waals surface area contributed by atoms with Gasteiger partial charge >= 0.3 is 5.97 Å². The van der Waals surface area contributed by atoms with Crippen LogP contribution in [-0.2, 0) is 4.74 Å². The molecule has 106 valence electrons. The van der Waals surface area contributed by atoms with Gasteiger partial charge in [-0.1, -0.05) is 26.0 Å². The molecule has 1 aromatic rings. The van der Waals surface area contributed by atoms with Crippen LogP contribution in [0.5, 0.6) is 0 Å². The van der Waals surface area contributed by atoms with Crippen LogP contribution in [0.1, 0.15) is 62.5 Å². The van der Waals surface area contributed by atoms with Crippen LogP contribution in [0.25, 0.3) is 0 Å². The highest BCUT2D eigenvalue weighted by Gasteiger charge is 2.11. The van der Waals surface area contributed by atoms with Crippen molar-refractivity contribution in [1.29, 1.82) is 0 Å². The highest BCUT2D eigenvalue weighted by atomic mass is 16.5. The van der Waals surface area contributed by atoms with Crippen LogP contribution in [0.15, 0.2) is 24.3 Å². The van der Waals surface area contributed by atoms with Gasteiger partial charge in [0.25, 0.3) is 0 Å². The standard InChI is InChI=1S/C16H25NO2/c1-11(2)5-10-15(17)13-6-8-14(9-7-13)16(18)19-12(3)4/h6-9,11-12,15H,5,10,17H2,1-4H3. The molecule has 0 aromatic heterocycles. The fraction of sp³-hybridized carbons (Fsp3) is 0.562. The summed E-state index contributed by atoms with van der Waals surface area (Å²) in [6.45, 7) is 8.07. The normalized spacial score (nSPS) is 12.8. The lowest BCUT2D eigenvalue weighted by atomic mass is 9.97. The van der Waals surface area contributed by atoms with E-state index in [9.17, 15) is 4.79 Å². The zero-order chi connectivity index (χ0) is 14.4. The second kappa shape index (κ2) is 7.29. The summed E-state index contributed by atoms with van der Waals surface area (Å²) in [4.78, 5) is 11.7. The number of carbonyl (C=O) groups excluding carboxylic acids is 1. The molecule has 0 bridgehead atoms. The lowest BCUT2D eigenvalue weighted by Crippen LogP contribution is -2.13. The van der Waals surface area contributed by atoms with Gasteiger partial charge in [0.05, 0.1) is 11.7 Å². The molecule has 1 aromatic carbocycles. The van der Waals surface area contributed by atoms with E-state index in [1.807, 2.05) is 26.0 Å². The predicted octanol–water partition coefficient (Wildman–Crippen LogP) is 3.69. The van der Waals surface area contributed by atoms with Crippen LogP contribution in [0.4, 0.5) is 0 Å². The van der Waals surface area contributed by atoms with E-state index in [4.69, 9.17) is 10.5 Å². The maximum atomic E-state index is 11.7. The largest absolute Gasteiger partial charge is 0.459 e. The molecule has 0 aliphatic rings. The van der Waals surface area contributed by atoms with Gasteiger partial charge in [-0.05, 0) is 50.3 Å². The van der Waals surface area contributed by atoms with E-state index in [1.54, 1.807) is 12.1 Å². The Morgan fingerprint density at radius 2 is 1.68 bits per heavy atom. The molecule has 0 amide bonds. The van der Waals surface area contributed by atoms with E-state index in [2.05, 4.69) is 13.8 Å². The molecule has 0 saturated heterocycles. The Morgan fingerprint density at radius 3 is 2.16 bits per heavy atom. The Labute approximate surface area is 116 Å². The van der Waals surface area contributed by atoms with Gasteiger partial charge < -0.3 is 10.5 Å². The number of esters is 1. The van der Waals surface area contributed by atoms with Crippen molar-refractivity contribution < 1.29 is 9.53 Å². The summed E-state index contributed by atoms with van der Waals surface area (Å²) >= 11 is 0. The van der Waals surface area contributed by atoms with Crippen LogP contribution in [-0.4, -0.2) is 12.1 Å². The molecule has 0 radical (unpaired) electrons. The number of ether oxygens (including phenoxy) is 1. The van der Waals surface area contributed by atoms with Crippen LogP contribution in [0.2, 0.25) is 0 Å². The van der Waals surface area contributed by atoms with Gasteiger partial charge in [-0.2, -0.15) is 0 Å². The van der Waals surface area contributed by atoms with Gasteiger partial charge in [-0.25, -0.2) is 4.79 Å². The smallest absolute Gasteiger partial charge is 0.338 e. The molecule has 0 saturated carbocycles. The Morgan fingerprint density at radius 1 is 1.11 bits per heavy atom. The SMILES string of the molecule is CC(C)CCC(N)c1ccc(C(=O)OC(C)C)cc1. The van der Waals surface area contributed by atoms with Crippen LogP contribution >= 0.6 is 0 Å². The van der Waals surface area contributed by atoms with Crippen molar-refractivity contribution in [2.75, 3.05) is 0 Å². The van der Waals surface area contributed by atoms with Crippen molar-refractivity contribution in [1.82, 2.24) is 0 Å². The van der Waals surface area contributed by atoms with Crippen molar-refractivity contribution >= 4 is 5.97 Å². The third-order valence-corrected chi connectivity index (χ3v) is 2.97. The summed E-state index contributed by atoms with van der Waals surface area (Å²) in [6.07, 6.45) is 1.98. The van der Waals surface area contributed by atoms with Gasteiger partial charge in [-0.15, -0.1) is 0 Å². The van der Waals surface area contributed by atoms with Crippen LogP contribution < -0.4 is 5.73 Å². The zero-order valence-corrected chi connectivity index (χ0v) is 12.3. The molecule has 1 unspecified atom stereocenters. The first kappa shape index (κ1) is 15.7. The maximum Gasteiger partial charge on any atom is 0.338 e. The second-order valence-corrected chi connectivity index (χ2v) is 5.65. The van der Waals surface area contributed by atoms with Crippen LogP contribution in [0.3, 0.4) is 0 Å². The average molecular weight is 263 g/mol. The van der Waals surface area contributed by atoms with E-state index in [1.165, 1.54) is 0 Å². The minimum absolute atomic E-state index is 0.0394. The van der Waals surface area contributed by atoms with E-state index < -0.39 is 0 Å². The molecule has 0 fully saturated rings. The first-order valence-electron chi connectivity index (χ1n) is 6.96. The molecule has 2 N–H and O–H groups in total. The summed E-state index contributed by atoms with van der Waals surface area (Å²) in [6, 6.07) is 7.45. The van der Waals surface area contributed by atoms with Gasteiger partial charge in [0, 0.05) is 6.04 Å².